The molecule has 1 aromatic heterocycles. The Morgan fingerprint density at radius 2 is 2.18 bits per heavy atom. The molecule has 0 atom stereocenters. The van der Waals surface area contributed by atoms with Gasteiger partial charge in [0.1, 0.15) is 11.5 Å². The lowest BCUT2D eigenvalue weighted by molar-refractivity contribution is 0.627. The van der Waals surface area contributed by atoms with Crippen LogP contribution >= 0.6 is 0 Å². The summed E-state index contributed by atoms with van der Waals surface area (Å²) in [5.41, 5.74) is 1.64. The first kappa shape index (κ1) is 15.3. The van der Waals surface area contributed by atoms with E-state index in [0.29, 0.717) is 17.7 Å². The minimum Gasteiger partial charge on any atom is -0.351 e. The Balaban J connectivity index is 1.98. The van der Waals surface area contributed by atoms with E-state index in [4.69, 9.17) is 5.26 Å². The van der Waals surface area contributed by atoms with Crippen LogP contribution in [0.4, 0.5) is 10.1 Å². The van der Waals surface area contributed by atoms with Crippen molar-refractivity contribution in [3.05, 3.63) is 71.9 Å². The second-order valence-corrected chi connectivity index (χ2v) is 4.53. The number of rotatable bonds is 3. The van der Waals surface area contributed by atoms with Gasteiger partial charge in [-0.05, 0) is 36.3 Å². The Kier molecular flexibility index (Phi) is 5.29. The zero-order chi connectivity index (χ0) is 15.8. The lowest BCUT2D eigenvalue weighted by atomic mass is 10.2. The molecular formula is C18H14FN3. The summed E-state index contributed by atoms with van der Waals surface area (Å²) in [4.78, 5) is 5.85. The van der Waals surface area contributed by atoms with Crippen LogP contribution in [0.2, 0.25) is 0 Å². The molecule has 4 heteroatoms. The Hall–Kier alpha value is -3.11. The number of pyridine rings is 1. The fourth-order valence-electron chi connectivity index (χ4n) is 1.78. The SMILES string of the molecule is CN(/C=C\CC#Cc1ccccn1)c1cc(F)cc(C#N)c1. The van der Waals surface area contributed by atoms with Crippen molar-refractivity contribution in [1.82, 2.24) is 4.98 Å². The van der Waals surface area contributed by atoms with Gasteiger partial charge in [0, 0.05) is 31.6 Å². The summed E-state index contributed by atoms with van der Waals surface area (Å²) in [6.07, 6.45) is 5.92. The third kappa shape index (κ3) is 4.47. The highest BCUT2D eigenvalue weighted by atomic mass is 19.1. The maximum Gasteiger partial charge on any atom is 0.126 e. The molecule has 0 aliphatic rings. The molecule has 108 valence electrons. The van der Waals surface area contributed by atoms with E-state index in [9.17, 15) is 4.39 Å². The van der Waals surface area contributed by atoms with Gasteiger partial charge in [-0.2, -0.15) is 5.26 Å². The van der Waals surface area contributed by atoms with Crippen molar-refractivity contribution in [3.63, 3.8) is 0 Å². The van der Waals surface area contributed by atoms with E-state index < -0.39 is 5.82 Å². The number of hydrogen-bond acceptors (Lipinski definition) is 3. The molecule has 0 fully saturated rings. The van der Waals surface area contributed by atoms with Crippen LogP contribution in [0, 0.1) is 29.0 Å². The summed E-state index contributed by atoms with van der Waals surface area (Å²) in [7, 11) is 1.79. The molecule has 22 heavy (non-hydrogen) atoms. The summed E-state index contributed by atoms with van der Waals surface area (Å²) in [6.45, 7) is 0. The van der Waals surface area contributed by atoms with Crippen molar-refractivity contribution < 1.29 is 4.39 Å². The number of halogens is 1. The molecule has 0 radical (unpaired) electrons. The summed E-state index contributed by atoms with van der Waals surface area (Å²) < 4.78 is 13.4. The summed E-state index contributed by atoms with van der Waals surface area (Å²) in [5.74, 6) is 5.51. The van der Waals surface area contributed by atoms with Crippen molar-refractivity contribution in [2.75, 3.05) is 11.9 Å². The van der Waals surface area contributed by atoms with Gasteiger partial charge in [0.05, 0.1) is 11.6 Å². The van der Waals surface area contributed by atoms with Crippen LogP contribution in [0.5, 0.6) is 0 Å². The number of hydrogen-bond donors (Lipinski definition) is 0. The van der Waals surface area contributed by atoms with Gasteiger partial charge in [0.2, 0.25) is 0 Å². The predicted molar refractivity (Wildman–Crippen MR) is 84.4 cm³/mol. The minimum absolute atomic E-state index is 0.296. The summed E-state index contributed by atoms with van der Waals surface area (Å²) in [5, 5.41) is 8.85. The van der Waals surface area contributed by atoms with Gasteiger partial charge in [0.25, 0.3) is 0 Å². The monoisotopic (exact) mass is 291 g/mol. The number of benzene rings is 1. The van der Waals surface area contributed by atoms with E-state index >= 15 is 0 Å². The van der Waals surface area contributed by atoms with Crippen molar-refractivity contribution >= 4 is 5.69 Å². The number of anilines is 1. The summed E-state index contributed by atoms with van der Waals surface area (Å²) >= 11 is 0. The minimum atomic E-state index is -0.427. The van der Waals surface area contributed by atoms with Crippen LogP contribution < -0.4 is 4.90 Å². The number of aromatic nitrogens is 1. The molecule has 0 saturated carbocycles. The van der Waals surface area contributed by atoms with E-state index in [1.807, 2.05) is 30.3 Å². The zero-order valence-electron chi connectivity index (χ0n) is 12.1. The van der Waals surface area contributed by atoms with Crippen LogP contribution in [-0.4, -0.2) is 12.0 Å². The third-order valence-electron chi connectivity index (χ3n) is 2.85. The van der Waals surface area contributed by atoms with Crippen LogP contribution in [0.1, 0.15) is 17.7 Å². The first-order valence-corrected chi connectivity index (χ1v) is 6.69. The van der Waals surface area contributed by atoms with Gasteiger partial charge in [-0.1, -0.05) is 18.1 Å². The quantitative estimate of drug-likeness (QED) is 0.813. The molecule has 0 aliphatic heterocycles. The highest BCUT2D eigenvalue weighted by Gasteiger charge is 2.02. The maximum absolute atomic E-state index is 13.4. The van der Waals surface area contributed by atoms with E-state index in [0.717, 1.165) is 5.69 Å². The highest BCUT2D eigenvalue weighted by molar-refractivity contribution is 5.53. The van der Waals surface area contributed by atoms with Crippen LogP contribution in [0.25, 0.3) is 0 Å². The van der Waals surface area contributed by atoms with Gasteiger partial charge >= 0.3 is 0 Å². The average molecular weight is 291 g/mol. The van der Waals surface area contributed by atoms with E-state index in [2.05, 4.69) is 16.8 Å². The molecule has 0 unspecified atom stereocenters. The molecular weight excluding hydrogens is 277 g/mol. The topological polar surface area (TPSA) is 39.9 Å². The fourth-order valence-corrected chi connectivity index (χ4v) is 1.78. The normalized spacial score (nSPS) is 9.86. The Labute approximate surface area is 129 Å². The molecule has 2 rings (SSSR count). The molecule has 0 amide bonds. The molecule has 0 bridgehead atoms. The maximum atomic E-state index is 13.4. The fraction of sp³-hybridized carbons (Fsp3) is 0.111. The smallest absolute Gasteiger partial charge is 0.126 e. The van der Waals surface area contributed by atoms with E-state index in [1.165, 1.54) is 12.1 Å². The predicted octanol–water partition coefficient (Wildman–Crippen LogP) is 3.48. The first-order chi connectivity index (χ1) is 10.7. The van der Waals surface area contributed by atoms with Crippen molar-refractivity contribution in [2.24, 2.45) is 0 Å². The Morgan fingerprint density at radius 1 is 1.32 bits per heavy atom. The van der Waals surface area contributed by atoms with E-state index in [1.54, 1.807) is 30.4 Å². The second kappa shape index (κ2) is 7.61. The van der Waals surface area contributed by atoms with Crippen LogP contribution in [0.15, 0.2) is 54.9 Å². The zero-order valence-corrected chi connectivity index (χ0v) is 12.1. The van der Waals surface area contributed by atoms with Gasteiger partial charge < -0.3 is 4.90 Å². The Morgan fingerprint density at radius 3 is 2.91 bits per heavy atom. The first-order valence-electron chi connectivity index (χ1n) is 6.69. The lowest BCUT2D eigenvalue weighted by Gasteiger charge is -2.14. The molecule has 1 heterocycles. The molecule has 0 N–H and O–H groups in total. The Bertz CT molecular complexity index is 764. The molecule has 1 aromatic carbocycles. The largest absolute Gasteiger partial charge is 0.351 e. The molecule has 0 saturated heterocycles. The third-order valence-corrected chi connectivity index (χ3v) is 2.85. The van der Waals surface area contributed by atoms with Gasteiger partial charge in [-0.3, -0.25) is 0 Å². The second-order valence-electron chi connectivity index (χ2n) is 4.53. The lowest BCUT2D eigenvalue weighted by Crippen LogP contribution is -2.08. The van der Waals surface area contributed by atoms with Gasteiger partial charge in [-0.15, -0.1) is 0 Å². The number of nitrogens with zero attached hydrogens (tertiary/aromatic N) is 3. The van der Waals surface area contributed by atoms with Crippen molar-refractivity contribution in [1.29, 1.82) is 5.26 Å². The van der Waals surface area contributed by atoms with Crippen molar-refractivity contribution in [3.8, 4) is 17.9 Å². The average Bonchev–Trinajstić information content (AvgIpc) is 2.54. The number of allylic oxidation sites excluding steroid dienone is 1. The van der Waals surface area contributed by atoms with Crippen molar-refractivity contribution in [2.45, 2.75) is 6.42 Å². The molecule has 0 aliphatic carbocycles. The van der Waals surface area contributed by atoms with Crippen LogP contribution in [0.3, 0.4) is 0 Å². The van der Waals surface area contributed by atoms with Gasteiger partial charge in [0.15, 0.2) is 0 Å². The standard InChI is InChI=1S/C18H14FN3/c1-22(18-12-15(14-20)11-16(19)13-18)10-6-2-3-7-17-8-4-5-9-21-17/h4-6,8-13H,2H2,1H3/b10-6-. The molecule has 0 spiro atoms. The van der Waals surface area contributed by atoms with Crippen LogP contribution in [-0.2, 0) is 0 Å². The number of nitriles is 1. The van der Waals surface area contributed by atoms with Gasteiger partial charge in [-0.25, -0.2) is 9.37 Å². The van der Waals surface area contributed by atoms with E-state index in [-0.39, 0.29) is 0 Å². The highest BCUT2D eigenvalue weighted by Crippen LogP contribution is 2.17. The molecule has 3 nitrogen and oxygen atoms in total. The summed E-state index contributed by atoms with van der Waals surface area (Å²) in [6, 6.07) is 11.7. The molecule has 2 aromatic rings.